The van der Waals surface area contributed by atoms with Crippen molar-refractivity contribution in [2.45, 2.75) is 12.5 Å². The maximum atomic E-state index is 5.48. The lowest BCUT2D eigenvalue weighted by Gasteiger charge is -2.29. The van der Waals surface area contributed by atoms with Gasteiger partial charge in [-0.2, -0.15) is 0 Å². The standard InChI is InChI=1S/C15H25N3O/c1-17(2)11-13-12-18(10-6-9-16-13)14-7-4-5-8-15(14)19-3/h4-5,7-8,13,16H,6,9-12H2,1-3H3. The van der Waals surface area contributed by atoms with Gasteiger partial charge < -0.3 is 19.9 Å². The van der Waals surface area contributed by atoms with Crippen LogP contribution >= 0.6 is 0 Å². The molecule has 0 aliphatic carbocycles. The zero-order valence-corrected chi connectivity index (χ0v) is 12.2. The number of methoxy groups -OCH3 is 1. The lowest BCUT2D eigenvalue weighted by Crippen LogP contribution is -2.44. The van der Waals surface area contributed by atoms with E-state index in [2.05, 4.69) is 41.3 Å². The molecule has 1 saturated heterocycles. The molecule has 0 saturated carbocycles. The van der Waals surface area contributed by atoms with Gasteiger partial charge in [0.2, 0.25) is 0 Å². The number of likely N-dealkylation sites (N-methyl/N-ethyl adjacent to an activating group) is 1. The first-order valence-corrected chi connectivity index (χ1v) is 6.97. The molecule has 0 spiro atoms. The number of anilines is 1. The number of rotatable bonds is 4. The van der Waals surface area contributed by atoms with Crippen molar-refractivity contribution in [3.05, 3.63) is 24.3 Å². The molecule has 1 aromatic carbocycles. The van der Waals surface area contributed by atoms with E-state index >= 15 is 0 Å². The van der Waals surface area contributed by atoms with Crippen LogP contribution in [0.15, 0.2) is 24.3 Å². The summed E-state index contributed by atoms with van der Waals surface area (Å²) in [5.74, 6) is 0.966. The molecule has 0 bridgehead atoms. The second-order valence-corrected chi connectivity index (χ2v) is 5.38. The summed E-state index contributed by atoms with van der Waals surface area (Å²) < 4.78 is 5.48. The first-order chi connectivity index (χ1) is 9.20. The van der Waals surface area contributed by atoms with Gasteiger partial charge >= 0.3 is 0 Å². The molecule has 1 aliphatic heterocycles. The maximum Gasteiger partial charge on any atom is 0.142 e. The van der Waals surface area contributed by atoms with Crippen molar-refractivity contribution >= 4 is 5.69 Å². The van der Waals surface area contributed by atoms with Gasteiger partial charge in [0.1, 0.15) is 5.75 Å². The molecule has 4 heteroatoms. The van der Waals surface area contributed by atoms with Crippen molar-refractivity contribution in [1.82, 2.24) is 10.2 Å². The average Bonchev–Trinajstić information content (AvgIpc) is 2.63. The minimum atomic E-state index is 0.502. The number of ether oxygens (including phenoxy) is 1. The Morgan fingerprint density at radius 2 is 2.16 bits per heavy atom. The molecule has 2 rings (SSSR count). The van der Waals surface area contributed by atoms with Crippen LogP contribution < -0.4 is 15.0 Å². The number of hydrogen-bond donors (Lipinski definition) is 1. The summed E-state index contributed by atoms with van der Waals surface area (Å²) in [7, 11) is 5.99. The maximum absolute atomic E-state index is 5.48. The molecule has 1 heterocycles. The Bertz CT molecular complexity index is 395. The van der Waals surface area contributed by atoms with Crippen LogP contribution in [-0.4, -0.2) is 58.3 Å². The Kier molecular flexibility index (Phi) is 5.05. The third-order valence-corrected chi connectivity index (χ3v) is 3.49. The predicted octanol–water partition coefficient (Wildman–Crippen LogP) is 1.43. The van der Waals surface area contributed by atoms with Gasteiger partial charge in [-0.05, 0) is 39.2 Å². The van der Waals surface area contributed by atoms with Crippen LogP contribution in [0.1, 0.15) is 6.42 Å². The van der Waals surface area contributed by atoms with E-state index < -0.39 is 0 Å². The number of para-hydroxylation sites is 2. The number of benzene rings is 1. The molecule has 0 radical (unpaired) electrons. The Hall–Kier alpha value is -1.26. The second-order valence-electron chi connectivity index (χ2n) is 5.38. The minimum Gasteiger partial charge on any atom is -0.495 e. The molecule has 1 fully saturated rings. The lowest BCUT2D eigenvalue weighted by atomic mass is 10.2. The molecular formula is C15H25N3O. The van der Waals surface area contributed by atoms with Gasteiger partial charge in [-0.1, -0.05) is 12.1 Å². The van der Waals surface area contributed by atoms with Crippen LogP contribution in [0, 0.1) is 0 Å². The highest BCUT2D eigenvalue weighted by atomic mass is 16.5. The van der Waals surface area contributed by atoms with Crippen LogP contribution in [0.25, 0.3) is 0 Å². The zero-order chi connectivity index (χ0) is 13.7. The van der Waals surface area contributed by atoms with E-state index in [1.165, 1.54) is 12.1 Å². The predicted molar refractivity (Wildman–Crippen MR) is 80.2 cm³/mol. The average molecular weight is 263 g/mol. The largest absolute Gasteiger partial charge is 0.495 e. The van der Waals surface area contributed by atoms with Crippen molar-refractivity contribution in [2.75, 3.05) is 52.3 Å². The van der Waals surface area contributed by atoms with Crippen molar-refractivity contribution in [3.8, 4) is 5.75 Å². The van der Waals surface area contributed by atoms with Gasteiger partial charge in [0.15, 0.2) is 0 Å². The first-order valence-electron chi connectivity index (χ1n) is 6.97. The highest BCUT2D eigenvalue weighted by Crippen LogP contribution is 2.28. The van der Waals surface area contributed by atoms with E-state index in [4.69, 9.17) is 4.74 Å². The van der Waals surface area contributed by atoms with E-state index in [1.54, 1.807) is 7.11 Å². The summed E-state index contributed by atoms with van der Waals surface area (Å²) in [6.07, 6.45) is 1.17. The Morgan fingerprint density at radius 1 is 1.37 bits per heavy atom. The molecule has 4 nitrogen and oxygen atoms in total. The van der Waals surface area contributed by atoms with Gasteiger partial charge in [-0.25, -0.2) is 0 Å². The normalized spacial score (nSPS) is 20.4. The molecule has 1 N–H and O–H groups in total. The van der Waals surface area contributed by atoms with E-state index in [9.17, 15) is 0 Å². The fourth-order valence-electron chi connectivity index (χ4n) is 2.67. The summed E-state index contributed by atoms with van der Waals surface area (Å²) in [6, 6.07) is 8.79. The highest BCUT2D eigenvalue weighted by Gasteiger charge is 2.20. The van der Waals surface area contributed by atoms with Crippen LogP contribution in [0.4, 0.5) is 5.69 Å². The zero-order valence-electron chi connectivity index (χ0n) is 12.2. The molecule has 1 aromatic rings. The molecular weight excluding hydrogens is 238 g/mol. The third kappa shape index (κ3) is 3.85. The summed E-state index contributed by atoms with van der Waals surface area (Å²) >= 11 is 0. The fourth-order valence-corrected chi connectivity index (χ4v) is 2.67. The van der Waals surface area contributed by atoms with Crippen molar-refractivity contribution in [3.63, 3.8) is 0 Å². The molecule has 0 amide bonds. The molecule has 1 unspecified atom stereocenters. The Morgan fingerprint density at radius 3 is 2.89 bits per heavy atom. The van der Waals surface area contributed by atoms with Crippen molar-refractivity contribution in [1.29, 1.82) is 0 Å². The fraction of sp³-hybridized carbons (Fsp3) is 0.600. The molecule has 0 aromatic heterocycles. The van der Waals surface area contributed by atoms with Crippen LogP contribution in [-0.2, 0) is 0 Å². The van der Waals surface area contributed by atoms with Gasteiger partial charge in [0.05, 0.1) is 12.8 Å². The van der Waals surface area contributed by atoms with Gasteiger partial charge in [0, 0.05) is 25.7 Å². The quantitative estimate of drug-likeness (QED) is 0.889. The van der Waals surface area contributed by atoms with Crippen LogP contribution in [0.5, 0.6) is 5.75 Å². The van der Waals surface area contributed by atoms with Crippen LogP contribution in [0.3, 0.4) is 0 Å². The van der Waals surface area contributed by atoms with Gasteiger partial charge in [-0.15, -0.1) is 0 Å². The number of hydrogen-bond acceptors (Lipinski definition) is 4. The number of nitrogens with zero attached hydrogens (tertiary/aromatic N) is 2. The smallest absolute Gasteiger partial charge is 0.142 e. The minimum absolute atomic E-state index is 0.502. The molecule has 1 aliphatic rings. The lowest BCUT2D eigenvalue weighted by molar-refractivity contribution is 0.345. The van der Waals surface area contributed by atoms with Gasteiger partial charge in [-0.3, -0.25) is 0 Å². The third-order valence-electron chi connectivity index (χ3n) is 3.49. The van der Waals surface area contributed by atoms with Crippen molar-refractivity contribution < 1.29 is 4.74 Å². The first kappa shape index (κ1) is 14.2. The monoisotopic (exact) mass is 263 g/mol. The Balaban J connectivity index is 2.13. The summed E-state index contributed by atoms with van der Waals surface area (Å²) in [4.78, 5) is 4.68. The van der Waals surface area contributed by atoms with E-state index in [-0.39, 0.29) is 0 Å². The second kappa shape index (κ2) is 6.78. The highest BCUT2D eigenvalue weighted by molar-refractivity contribution is 5.58. The van der Waals surface area contributed by atoms with Crippen molar-refractivity contribution in [2.24, 2.45) is 0 Å². The van der Waals surface area contributed by atoms with E-state index in [0.29, 0.717) is 6.04 Å². The topological polar surface area (TPSA) is 27.7 Å². The molecule has 19 heavy (non-hydrogen) atoms. The summed E-state index contributed by atoms with van der Waals surface area (Å²) in [5.41, 5.74) is 1.21. The van der Waals surface area contributed by atoms with Gasteiger partial charge in [0.25, 0.3) is 0 Å². The summed E-state index contributed by atoms with van der Waals surface area (Å²) in [6.45, 7) is 4.26. The molecule has 1 atom stereocenters. The van der Waals surface area contributed by atoms with E-state index in [0.717, 1.165) is 31.9 Å². The number of nitrogens with one attached hydrogen (secondary N) is 1. The van der Waals surface area contributed by atoms with Crippen LogP contribution in [0.2, 0.25) is 0 Å². The molecule has 106 valence electrons. The Labute approximate surface area is 116 Å². The summed E-state index contributed by atoms with van der Waals surface area (Å²) in [5, 5.41) is 3.63. The van der Waals surface area contributed by atoms with E-state index in [1.807, 2.05) is 12.1 Å². The SMILES string of the molecule is COc1ccccc1N1CCCNC(CN(C)C)C1.